The second-order valence-corrected chi connectivity index (χ2v) is 7.70. The van der Waals surface area contributed by atoms with Crippen molar-refractivity contribution in [2.45, 2.75) is 32.9 Å². The van der Waals surface area contributed by atoms with Gasteiger partial charge >= 0.3 is 0 Å². The Bertz CT molecular complexity index is 909. The van der Waals surface area contributed by atoms with Crippen LogP contribution in [-0.4, -0.2) is 47.1 Å². The number of aromatic nitrogens is 2. The standard InChI is InChI=1S/C23H29N5/c1-18(2)27-13-8-14-28(16-15-27)23-25-21-12-7-6-11-20(21)22(26-23)24-17-19-9-4-3-5-10-19/h3-7,9-12,18H,8,13-17H2,1-2H3,(H,24,25,26). The lowest BCUT2D eigenvalue weighted by Gasteiger charge is -2.25. The van der Waals surface area contributed by atoms with E-state index in [-0.39, 0.29) is 0 Å². The van der Waals surface area contributed by atoms with E-state index in [1.165, 1.54) is 5.56 Å². The maximum Gasteiger partial charge on any atom is 0.227 e. The van der Waals surface area contributed by atoms with Crippen molar-refractivity contribution < 1.29 is 0 Å². The van der Waals surface area contributed by atoms with Crippen molar-refractivity contribution in [1.29, 1.82) is 0 Å². The third kappa shape index (κ3) is 4.25. The number of nitrogens with zero attached hydrogens (tertiary/aromatic N) is 4. The molecule has 1 aliphatic heterocycles. The SMILES string of the molecule is CC(C)N1CCCN(c2nc(NCc3ccccc3)c3ccccc3n2)CC1. The van der Waals surface area contributed by atoms with E-state index in [1.54, 1.807) is 0 Å². The molecule has 1 aliphatic rings. The molecule has 146 valence electrons. The van der Waals surface area contributed by atoms with Crippen LogP contribution in [0, 0.1) is 0 Å². The summed E-state index contributed by atoms with van der Waals surface area (Å²) in [4.78, 5) is 14.7. The van der Waals surface area contributed by atoms with Crippen molar-refractivity contribution in [1.82, 2.24) is 14.9 Å². The van der Waals surface area contributed by atoms with Gasteiger partial charge in [-0.1, -0.05) is 42.5 Å². The average Bonchev–Trinajstić information content (AvgIpc) is 2.99. The van der Waals surface area contributed by atoms with Gasteiger partial charge in [-0.3, -0.25) is 4.90 Å². The highest BCUT2D eigenvalue weighted by atomic mass is 15.3. The quantitative estimate of drug-likeness (QED) is 0.725. The molecule has 0 aliphatic carbocycles. The van der Waals surface area contributed by atoms with Gasteiger partial charge in [0.05, 0.1) is 5.52 Å². The lowest BCUT2D eigenvalue weighted by Crippen LogP contribution is -2.35. The van der Waals surface area contributed by atoms with Crippen molar-refractivity contribution >= 4 is 22.7 Å². The Morgan fingerprint density at radius 3 is 2.50 bits per heavy atom. The van der Waals surface area contributed by atoms with E-state index in [2.05, 4.69) is 65.4 Å². The Kier molecular flexibility index (Phi) is 5.72. The molecule has 2 heterocycles. The number of fused-ring (bicyclic) bond motifs is 1. The van der Waals surface area contributed by atoms with Gasteiger partial charge in [0, 0.05) is 44.2 Å². The number of benzene rings is 2. The molecule has 0 radical (unpaired) electrons. The summed E-state index contributed by atoms with van der Waals surface area (Å²) in [5.41, 5.74) is 2.24. The van der Waals surface area contributed by atoms with Crippen LogP contribution < -0.4 is 10.2 Å². The Morgan fingerprint density at radius 2 is 1.68 bits per heavy atom. The van der Waals surface area contributed by atoms with Gasteiger partial charge in [0.2, 0.25) is 5.95 Å². The van der Waals surface area contributed by atoms with Crippen LogP contribution in [0.5, 0.6) is 0 Å². The van der Waals surface area contributed by atoms with Crippen LogP contribution in [0.25, 0.3) is 10.9 Å². The van der Waals surface area contributed by atoms with Crippen LogP contribution in [0.15, 0.2) is 54.6 Å². The molecule has 1 fully saturated rings. The number of hydrogen-bond acceptors (Lipinski definition) is 5. The molecule has 5 heteroatoms. The second kappa shape index (κ2) is 8.57. The molecule has 1 saturated heterocycles. The summed E-state index contributed by atoms with van der Waals surface area (Å²) in [6.45, 7) is 9.46. The molecule has 0 atom stereocenters. The van der Waals surface area contributed by atoms with Gasteiger partial charge in [0.1, 0.15) is 5.82 Å². The van der Waals surface area contributed by atoms with E-state index in [0.29, 0.717) is 6.04 Å². The predicted molar refractivity (Wildman–Crippen MR) is 117 cm³/mol. The lowest BCUT2D eigenvalue weighted by molar-refractivity contribution is 0.238. The Balaban J connectivity index is 1.60. The molecule has 0 amide bonds. The van der Waals surface area contributed by atoms with E-state index >= 15 is 0 Å². The number of para-hydroxylation sites is 1. The molecule has 0 unspecified atom stereocenters. The van der Waals surface area contributed by atoms with E-state index in [1.807, 2.05) is 18.2 Å². The molecule has 1 aromatic heterocycles. The first-order chi connectivity index (χ1) is 13.7. The van der Waals surface area contributed by atoms with Gasteiger partial charge in [0.25, 0.3) is 0 Å². The summed E-state index contributed by atoms with van der Waals surface area (Å²) in [6, 6.07) is 19.3. The molecule has 4 rings (SSSR count). The molecule has 5 nitrogen and oxygen atoms in total. The van der Waals surface area contributed by atoms with Gasteiger partial charge in [-0.05, 0) is 38.0 Å². The topological polar surface area (TPSA) is 44.3 Å². The van der Waals surface area contributed by atoms with Crippen LogP contribution >= 0.6 is 0 Å². The Hall–Kier alpha value is -2.66. The van der Waals surface area contributed by atoms with Gasteiger partial charge in [0.15, 0.2) is 0 Å². The Labute approximate surface area is 167 Å². The smallest absolute Gasteiger partial charge is 0.227 e. The fraction of sp³-hybridized carbons (Fsp3) is 0.391. The van der Waals surface area contributed by atoms with Crippen molar-refractivity contribution in [3.63, 3.8) is 0 Å². The molecule has 1 N–H and O–H groups in total. The summed E-state index contributed by atoms with van der Waals surface area (Å²) >= 11 is 0. The van der Waals surface area contributed by atoms with Gasteiger partial charge in [-0.15, -0.1) is 0 Å². The minimum atomic E-state index is 0.584. The van der Waals surface area contributed by atoms with Gasteiger partial charge in [-0.25, -0.2) is 4.98 Å². The zero-order chi connectivity index (χ0) is 19.3. The summed E-state index contributed by atoms with van der Waals surface area (Å²) in [5.74, 6) is 1.74. The summed E-state index contributed by atoms with van der Waals surface area (Å²) in [7, 11) is 0. The summed E-state index contributed by atoms with van der Waals surface area (Å²) < 4.78 is 0. The van der Waals surface area contributed by atoms with E-state index in [0.717, 1.165) is 61.8 Å². The van der Waals surface area contributed by atoms with E-state index < -0.39 is 0 Å². The molecule has 0 spiro atoms. The van der Waals surface area contributed by atoms with Crippen molar-refractivity contribution in [3.05, 3.63) is 60.2 Å². The number of hydrogen-bond donors (Lipinski definition) is 1. The second-order valence-electron chi connectivity index (χ2n) is 7.70. The van der Waals surface area contributed by atoms with Crippen LogP contribution in [0.2, 0.25) is 0 Å². The third-order valence-electron chi connectivity index (χ3n) is 5.44. The van der Waals surface area contributed by atoms with Crippen LogP contribution in [-0.2, 0) is 6.54 Å². The van der Waals surface area contributed by atoms with Crippen LogP contribution in [0.1, 0.15) is 25.8 Å². The van der Waals surface area contributed by atoms with Crippen molar-refractivity contribution in [2.75, 3.05) is 36.4 Å². The highest BCUT2D eigenvalue weighted by Gasteiger charge is 2.20. The molecular formula is C23H29N5. The normalized spacial score (nSPS) is 15.8. The maximum absolute atomic E-state index is 4.94. The van der Waals surface area contributed by atoms with Crippen LogP contribution in [0.4, 0.5) is 11.8 Å². The highest BCUT2D eigenvalue weighted by Crippen LogP contribution is 2.24. The molecule has 28 heavy (non-hydrogen) atoms. The van der Waals surface area contributed by atoms with Gasteiger partial charge < -0.3 is 10.2 Å². The third-order valence-corrected chi connectivity index (χ3v) is 5.44. The predicted octanol–water partition coefficient (Wildman–Crippen LogP) is 4.16. The van der Waals surface area contributed by atoms with E-state index in [4.69, 9.17) is 9.97 Å². The molecule has 2 aromatic carbocycles. The first-order valence-electron chi connectivity index (χ1n) is 10.2. The largest absolute Gasteiger partial charge is 0.365 e. The van der Waals surface area contributed by atoms with Crippen molar-refractivity contribution in [2.24, 2.45) is 0 Å². The number of anilines is 2. The zero-order valence-electron chi connectivity index (χ0n) is 16.8. The number of nitrogens with one attached hydrogen (secondary N) is 1. The van der Waals surface area contributed by atoms with Crippen LogP contribution in [0.3, 0.4) is 0 Å². The Morgan fingerprint density at radius 1 is 0.893 bits per heavy atom. The lowest BCUT2D eigenvalue weighted by atomic mass is 10.2. The minimum absolute atomic E-state index is 0.584. The fourth-order valence-electron chi connectivity index (χ4n) is 3.78. The summed E-state index contributed by atoms with van der Waals surface area (Å²) in [5, 5.41) is 4.61. The highest BCUT2D eigenvalue weighted by molar-refractivity contribution is 5.90. The number of rotatable bonds is 5. The summed E-state index contributed by atoms with van der Waals surface area (Å²) in [6.07, 6.45) is 1.14. The zero-order valence-corrected chi connectivity index (χ0v) is 16.8. The first-order valence-corrected chi connectivity index (χ1v) is 10.2. The first kappa shape index (κ1) is 18.7. The molecule has 0 bridgehead atoms. The minimum Gasteiger partial charge on any atom is -0.365 e. The van der Waals surface area contributed by atoms with Crippen molar-refractivity contribution in [3.8, 4) is 0 Å². The monoisotopic (exact) mass is 375 g/mol. The average molecular weight is 376 g/mol. The fourth-order valence-corrected chi connectivity index (χ4v) is 3.78. The maximum atomic E-state index is 4.94. The van der Waals surface area contributed by atoms with Gasteiger partial charge in [-0.2, -0.15) is 4.98 Å². The molecule has 3 aromatic rings. The molecule has 0 saturated carbocycles. The molecular weight excluding hydrogens is 346 g/mol. The van der Waals surface area contributed by atoms with E-state index in [9.17, 15) is 0 Å².